The lowest BCUT2D eigenvalue weighted by atomic mass is 9.95. The van der Waals surface area contributed by atoms with Crippen molar-refractivity contribution < 1.29 is 14.3 Å². The first-order chi connectivity index (χ1) is 13.7. The normalized spacial score (nSPS) is 15.0. The Labute approximate surface area is 168 Å². The molecule has 1 fully saturated rings. The number of guanidine groups is 1. The van der Waals surface area contributed by atoms with Gasteiger partial charge >= 0.3 is 0 Å². The highest BCUT2D eigenvalue weighted by Gasteiger charge is 2.15. The predicted molar refractivity (Wildman–Crippen MR) is 112 cm³/mol. The van der Waals surface area contributed by atoms with E-state index in [0.717, 1.165) is 36.4 Å². The molecule has 7 nitrogen and oxygen atoms in total. The van der Waals surface area contributed by atoms with Crippen LogP contribution in [0, 0.1) is 0 Å². The lowest BCUT2D eigenvalue weighted by molar-refractivity contribution is -0.121. The Kier molecular flexibility index (Phi) is 9.45. The molecular weight excluding hydrogens is 356 g/mol. The average Bonchev–Trinajstić information content (AvgIpc) is 2.72. The molecule has 0 radical (unpaired) electrons. The van der Waals surface area contributed by atoms with E-state index in [4.69, 9.17) is 9.47 Å². The second-order valence-electron chi connectivity index (χ2n) is 6.95. The number of rotatable bonds is 9. The molecule has 0 unspecified atom stereocenters. The Balaban J connectivity index is 1.83. The van der Waals surface area contributed by atoms with E-state index < -0.39 is 0 Å². The van der Waals surface area contributed by atoms with Crippen molar-refractivity contribution in [2.45, 2.75) is 58.0 Å². The van der Waals surface area contributed by atoms with Crippen LogP contribution in [0.4, 0.5) is 0 Å². The van der Waals surface area contributed by atoms with Crippen molar-refractivity contribution in [1.82, 2.24) is 16.0 Å². The summed E-state index contributed by atoms with van der Waals surface area (Å²) in [7, 11) is 3.26. The summed E-state index contributed by atoms with van der Waals surface area (Å²) in [5, 5.41) is 9.58. The first kappa shape index (κ1) is 21.9. The number of nitrogens with zero attached hydrogens (tertiary/aromatic N) is 1. The topological polar surface area (TPSA) is 84.0 Å². The third kappa shape index (κ3) is 7.29. The number of hydrogen-bond donors (Lipinski definition) is 3. The van der Waals surface area contributed by atoms with E-state index in [1.165, 1.54) is 19.3 Å². The second-order valence-corrected chi connectivity index (χ2v) is 6.95. The van der Waals surface area contributed by atoms with Crippen molar-refractivity contribution in [3.63, 3.8) is 0 Å². The Morgan fingerprint density at radius 1 is 1.14 bits per heavy atom. The van der Waals surface area contributed by atoms with Crippen molar-refractivity contribution in [2.75, 3.05) is 27.3 Å². The molecule has 0 aromatic heterocycles. The average molecular weight is 391 g/mol. The fourth-order valence-electron chi connectivity index (χ4n) is 3.33. The van der Waals surface area contributed by atoms with Crippen LogP contribution < -0.4 is 25.4 Å². The molecule has 1 aliphatic rings. The molecule has 3 N–H and O–H groups in total. The molecule has 28 heavy (non-hydrogen) atoms. The summed E-state index contributed by atoms with van der Waals surface area (Å²) in [6, 6.07) is 6.04. The van der Waals surface area contributed by atoms with Gasteiger partial charge in [0.2, 0.25) is 5.91 Å². The number of ether oxygens (including phenoxy) is 2. The Morgan fingerprint density at radius 3 is 2.61 bits per heavy atom. The molecule has 0 aliphatic heterocycles. The maximum Gasteiger partial charge on any atom is 0.221 e. The zero-order valence-electron chi connectivity index (χ0n) is 17.3. The first-order valence-corrected chi connectivity index (χ1v) is 10.2. The highest BCUT2D eigenvalue weighted by Crippen LogP contribution is 2.25. The van der Waals surface area contributed by atoms with Crippen LogP contribution in [0.5, 0.6) is 11.5 Å². The van der Waals surface area contributed by atoms with Crippen molar-refractivity contribution in [2.24, 2.45) is 4.99 Å². The van der Waals surface area contributed by atoms with Crippen LogP contribution in [0.1, 0.15) is 51.0 Å². The summed E-state index contributed by atoms with van der Waals surface area (Å²) >= 11 is 0. The summed E-state index contributed by atoms with van der Waals surface area (Å²) in [6.07, 6.45) is 6.37. The number of methoxy groups -OCH3 is 2. The van der Waals surface area contributed by atoms with Gasteiger partial charge in [0.1, 0.15) is 11.5 Å². The van der Waals surface area contributed by atoms with E-state index in [2.05, 4.69) is 20.9 Å². The number of nitrogens with one attached hydrogen (secondary N) is 3. The fraction of sp³-hybridized carbons (Fsp3) is 0.619. The third-order valence-corrected chi connectivity index (χ3v) is 4.86. The lowest BCUT2D eigenvalue weighted by Crippen LogP contribution is -2.41. The second kappa shape index (κ2) is 12.1. The molecule has 0 bridgehead atoms. The molecule has 1 amide bonds. The molecule has 0 atom stereocenters. The SMILES string of the molecule is CCNC(=NCc1ccc(OC)cc1OC)NCCC(=O)NC1CCCCC1. The molecule has 1 aromatic carbocycles. The van der Waals surface area contributed by atoms with Gasteiger partial charge < -0.3 is 25.4 Å². The lowest BCUT2D eigenvalue weighted by Gasteiger charge is -2.22. The molecule has 0 saturated heterocycles. The van der Waals surface area contributed by atoms with Gasteiger partial charge in [0.15, 0.2) is 5.96 Å². The van der Waals surface area contributed by atoms with Crippen molar-refractivity contribution in [1.29, 1.82) is 0 Å². The monoisotopic (exact) mass is 390 g/mol. The number of hydrogen-bond acceptors (Lipinski definition) is 4. The van der Waals surface area contributed by atoms with Crippen LogP contribution in [0.3, 0.4) is 0 Å². The third-order valence-electron chi connectivity index (χ3n) is 4.86. The number of amides is 1. The molecule has 1 aromatic rings. The number of aliphatic imine (C=N–C) groups is 1. The fourth-order valence-corrected chi connectivity index (χ4v) is 3.33. The maximum absolute atomic E-state index is 12.1. The summed E-state index contributed by atoms with van der Waals surface area (Å²) in [5.74, 6) is 2.28. The minimum atomic E-state index is 0.104. The molecule has 2 rings (SSSR count). The molecule has 1 aliphatic carbocycles. The van der Waals surface area contributed by atoms with Gasteiger partial charge in [0, 0.05) is 37.2 Å². The van der Waals surface area contributed by atoms with Crippen LogP contribution in [0.2, 0.25) is 0 Å². The van der Waals surface area contributed by atoms with Crippen LogP contribution in [0.25, 0.3) is 0 Å². The van der Waals surface area contributed by atoms with Crippen molar-refractivity contribution in [3.8, 4) is 11.5 Å². The highest BCUT2D eigenvalue weighted by atomic mass is 16.5. The Hall–Kier alpha value is -2.44. The highest BCUT2D eigenvalue weighted by molar-refractivity contribution is 5.81. The van der Waals surface area contributed by atoms with E-state index in [-0.39, 0.29) is 5.91 Å². The summed E-state index contributed by atoms with van der Waals surface area (Å²) in [6.45, 7) is 3.78. The summed E-state index contributed by atoms with van der Waals surface area (Å²) < 4.78 is 10.6. The Morgan fingerprint density at radius 2 is 1.93 bits per heavy atom. The van der Waals surface area contributed by atoms with Crippen molar-refractivity contribution in [3.05, 3.63) is 23.8 Å². The van der Waals surface area contributed by atoms with Crippen LogP contribution in [-0.2, 0) is 11.3 Å². The quantitative estimate of drug-likeness (QED) is 0.446. The van der Waals surface area contributed by atoms with Gasteiger partial charge in [-0.2, -0.15) is 0 Å². The van der Waals surface area contributed by atoms with E-state index in [9.17, 15) is 4.79 Å². The van der Waals surface area contributed by atoms with Gasteiger partial charge in [-0.25, -0.2) is 4.99 Å². The van der Waals surface area contributed by atoms with Gasteiger partial charge in [0.25, 0.3) is 0 Å². The molecule has 156 valence electrons. The van der Waals surface area contributed by atoms with Crippen molar-refractivity contribution >= 4 is 11.9 Å². The minimum Gasteiger partial charge on any atom is -0.497 e. The van der Waals surface area contributed by atoms with Crippen LogP contribution in [0.15, 0.2) is 23.2 Å². The van der Waals surface area contributed by atoms with E-state index >= 15 is 0 Å². The zero-order chi connectivity index (χ0) is 20.2. The molecular formula is C21H34N4O3. The minimum absolute atomic E-state index is 0.104. The first-order valence-electron chi connectivity index (χ1n) is 10.2. The van der Waals surface area contributed by atoms with Gasteiger partial charge in [-0.3, -0.25) is 4.79 Å². The smallest absolute Gasteiger partial charge is 0.221 e. The van der Waals surface area contributed by atoms with Gasteiger partial charge in [-0.15, -0.1) is 0 Å². The number of benzene rings is 1. The molecule has 0 heterocycles. The summed E-state index contributed by atoms with van der Waals surface area (Å²) in [4.78, 5) is 16.7. The number of carbonyl (C=O) groups is 1. The van der Waals surface area contributed by atoms with E-state index in [1.807, 2.05) is 25.1 Å². The largest absolute Gasteiger partial charge is 0.497 e. The molecule has 7 heteroatoms. The van der Waals surface area contributed by atoms with Crippen LogP contribution in [-0.4, -0.2) is 45.2 Å². The Bertz CT molecular complexity index is 643. The summed E-state index contributed by atoms with van der Waals surface area (Å²) in [5.41, 5.74) is 0.968. The molecule has 0 spiro atoms. The van der Waals surface area contributed by atoms with Gasteiger partial charge in [-0.05, 0) is 31.9 Å². The number of carbonyl (C=O) groups excluding carboxylic acids is 1. The zero-order valence-corrected chi connectivity index (χ0v) is 17.3. The predicted octanol–water partition coefficient (Wildman–Crippen LogP) is 2.60. The van der Waals surface area contributed by atoms with E-state index in [0.29, 0.717) is 31.5 Å². The van der Waals surface area contributed by atoms with E-state index in [1.54, 1.807) is 14.2 Å². The van der Waals surface area contributed by atoms with Gasteiger partial charge in [0.05, 0.1) is 20.8 Å². The molecule has 1 saturated carbocycles. The maximum atomic E-state index is 12.1. The van der Waals surface area contributed by atoms with Crippen LogP contribution >= 0.6 is 0 Å². The van der Waals surface area contributed by atoms with Gasteiger partial charge in [-0.1, -0.05) is 19.3 Å². The standard InChI is InChI=1S/C21H34N4O3/c1-4-22-21(23-13-12-20(26)25-17-8-6-5-7-9-17)24-15-16-10-11-18(27-2)14-19(16)28-3/h10-11,14,17H,4-9,12-13,15H2,1-3H3,(H,25,26)(H2,22,23,24).